The Balaban J connectivity index is 3.19. The summed E-state index contributed by atoms with van der Waals surface area (Å²) in [6.45, 7) is 8.13. The SMILES string of the molecule is C=CCN=NC(C)C. The molecule has 0 aromatic rings. The zero-order valence-electron chi connectivity index (χ0n) is 5.46. The number of hydrogen-bond acceptors (Lipinski definition) is 2. The molecule has 0 aliphatic carbocycles. The van der Waals surface area contributed by atoms with Gasteiger partial charge in [0.1, 0.15) is 0 Å². The lowest BCUT2D eigenvalue weighted by atomic mass is 10.4. The van der Waals surface area contributed by atoms with Gasteiger partial charge in [0.25, 0.3) is 0 Å². The lowest BCUT2D eigenvalue weighted by Crippen LogP contribution is -1.84. The van der Waals surface area contributed by atoms with Gasteiger partial charge < -0.3 is 0 Å². The maximum atomic E-state index is 3.87. The van der Waals surface area contributed by atoms with E-state index in [0.717, 1.165) is 0 Å². The molecule has 0 aliphatic rings. The molecule has 0 aromatic carbocycles. The van der Waals surface area contributed by atoms with Crippen LogP contribution in [0.25, 0.3) is 0 Å². The van der Waals surface area contributed by atoms with E-state index in [1.165, 1.54) is 0 Å². The minimum Gasteiger partial charge on any atom is -0.191 e. The summed E-state index contributed by atoms with van der Waals surface area (Å²) in [5.74, 6) is 0. The zero-order valence-corrected chi connectivity index (χ0v) is 5.46. The Hall–Kier alpha value is -0.660. The smallest absolute Gasteiger partial charge is 0.0777 e. The van der Waals surface area contributed by atoms with Gasteiger partial charge >= 0.3 is 0 Å². The molecule has 0 aromatic heterocycles. The third-order valence-corrected chi connectivity index (χ3v) is 0.523. The van der Waals surface area contributed by atoms with Crippen LogP contribution in [0.3, 0.4) is 0 Å². The molecule has 0 fully saturated rings. The van der Waals surface area contributed by atoms with Crippen molar-refractivity contribution in [2.75, 3.05) is 6.54 Å². The van der Waals surface area contributed by atoms with Crippen LogP contribution in [0.5, 0.6) is 0 Å². The lowest BCUT2D eigenvalue weighted by molar-refractivity contribution is 0.755. The molecule has 8 heavy (non-hydrogen) atoms. The van der Waals surface area contributed by atoms with Gasteiger partial charge in [0.15, 0.2) is 0 Å². The summed E-state index contributed by atoms with van der Waals surface area (Å²) in [6, 6.07) is 0.315. The molecule has 0 heterocycles. The van der Waals surface area contributed by atoms with Gasteiger partial charge in [-0.1, -0.05) is 6.08 Å². The van der Waals surface area contributed by atoms with Crippen LogP contribution >= 0.6 is 0 Å². The maximum Gasteiger partial charge on any atom is 0.0777 e. The Bertz CT molecular complexity index is 84.5. The molecule has 0 aliphatic heterocycles. The van der Waals surface area contributed by atoms with E-state index in [-0.39, 0.29) is 0 Å². The van der Waals surface area contributed by atoms with Gasteiger partial charge in [-0.2, -0.15) is 10.2 Å². The van der Waals surface area contributed by atoms with Crippen molar-refractivity contribution < 1.29 is 0 Å². The van der Waals surface area contributed by atoms with Crippen molar-refractivity contribution in [3.8, 4) is 0 Å². The molecule has 0 atom stereocenters. The molecule has 0 radical (unpaired) electrons. The van der Waals surface area contributed by atoms with Crippen LogP contribution in [0.15, 0.2) is 22.9 Å². The lowest BCUT2D eigenvalue weighted by Gasteiger charge is -1.88. The second kappa shape index (κ2) is 4.50. The highest BCUT2D eigenvalue weighted by molar-refractivity contribution is 4.67. The van der Waals surface area contributed by atoms with E-state index in [1.54, 1.807) is 6.08 Å². The highest BCUT2D eigenvalue weighted by Crippen LogP contribution is 1.86. The van der Waals surface area contributed by atoms with Gasteiger partial charge in [-0.3, -0.25) is 0 Å². The maximum absolute atomic E-state index is 3.87. The first-order chi connectivity index (χ1) is 3.77. The van der Waals surface area contributed by atoms with E-state index in [0.29, 0.717) is 12.6 Å². The summed E-state index contributed by atoms with van der Waals surface area (Å²) in [5, 5.41) is 7.66. The first-order valence-electron chi connectivity index (χ1n) is 2.75. The molecular formula is C6H12N2. The Morgan fingerprint density at radius 3 is 2.62 bits per heavy atom. The topological polar surface area (TPSA) is 24.7 Å². The van der Waals surface area contributed by atoms with Crippen LogP contribution in [0, 0.1) is 0 Å². The van der Waals surface area contributed by atoms with Gasteiger partial charge in [-0.15, -0.1) is 6.58 Å². The molecular weight excluding hydrogens is 100 g/mol. The predicted molar refractivity (Wildman–Crippen MR) is 35.1 cm³/mol. The van der Waals surface area contributed by atoms with E-state index in [9.17, 15) is 0 Å². The van der Waals surface area contributed by atoms with Crippen molar-refractivity contribution >= 4 is 0 Å². The normalized spacial score (nSPS) is 10.9. The summed E-state index contributed by atoms with van der Waals surface area (Å²) in [5.41, 5.74) is 0. The molecule has 0 saturated heterocycles. The Morgan fingerprint density at radius 1 is 1.62 bits per heavy atom. The van der Waals surface area contributed by atoms with E-state index < -0.39 is 0 Å². The quantitative estimate of drug-likeness (QED) is 0.394. The van der Waals surface area contributed by atoms with Gasteiger partial charge in [-0.05, 0) is 13.8 Å². The Labute approximate surface area is 50.3 Å². The van der Waals surface area contributed by atoms with Gasteiger partial charge in [0.2, 0.25) is 0 Å². The summed E-state index contributed by atoms with van der Waals surface area (Å²) in [4.78, 5) is 0. The monoisotopic (exact) mass is 112 g/mol. The highest BCUT2D eigenvalue weighted by Gasteiger charge is 1.81. The van der Waals surface area contributed by atoms with Crippen LogP contribution in [0.4, 0.5) is 0 Å². The standard InChI is InChI=1S/C6H12N2/c1-4-5-7-8-6(2)3/h4,6H,1,5H2,2-3H3. The molecule has 0 saturated carbocycles. The Morgan fingerprint density at radius 2 is 2.25 bits per heavy atom. The summed E-state index contributed by atoms with van der Waals surface area (Å²) in [6.07, 6.45) is 1.73. The molecule has 0 amide bonds. The van der Waals surface area contributed by atoms with Gasteiger partial charge in [0, 0.05) is 0 Å². The molecule has 0 N–H and O–H groups in total. The van der Waals surface area contributed by atoms with Crippen LogP contribution in [-0.4, -0.2) is 12.6 Å². The van der Waals surface area contributed by atoms with E-state index in [1.807, 2.05) is 13.8 Å². The molecule has 0 spiro atoms. The first-order valence-corrected chi connectivity index (χ1v) is 2.75. The molecule has 2 heteroatoms. The number of nitrogens with zero attached hydrogens (tertiary/aromatic N) is 2. The molecule has 2 nitrogen and oxygen atoms in total. The second-order valence-corrected chi connectivity index (χ2v) is 1.82. The van der Waals surface area contributed by atoms with Crippen molar-refractivity contribution in [3.63, 3.8) is 0 Å². The second-order valence-electron chi connectivity index (χ2n) is 1.82. The van der Waals surface area contributed by atoms with Gasteiger partial charge in [0.05, 0.1) is 12.6 Å². The van der Waals surface area contributed by atoms with E-state index >= 15 is 0 Å². The van der Waals surface area contributed by atoms with Crippen molar-refractivity contribution in [2.24, 2.45) is 10.2 Å². The van der Waals surface area contributed by atoms with Crippen molar-refractivity contribution in [1.82, 2.24) is 0 Å². The molecule has 0 unspecified atom stereocenters. The fourth-order valence-electron chi connectivity index (χ4n) is 0.268. The minimum atomic E-state index is 0.315. The number of hydrogen-bond donors (Lipinski definition) is 0. The highest BCUT2D eigenvalue weighted by atomic mass is 15.1. The Kier molecular flexibility index (Phi) is 4.13. The van der Waals surface area contributed by atoms with E-state index in [2.05, 4.69) is 16.8 Å². The number of rotatable bonds is 3. The fraction of sp³-hybridized carbons (Fsp3) is 0.667. The van der Waals surface area contributed by atoms with Crippen molar-refractivity contribution in [2.45, 2.75) is 19.9 Å². The molecule has 0 bridgehead atoms. The van der Waals surface area contributed by atoms with Crippen LogP contribution in [-0.2, 0) is 0 Å². The third kappa shape index (κ3) is 5.34. The minimum absolute atomic E-state index is 0.315. The third-order valence-electron chi connectivity index (χ3n) is 0.523. The average Bonchev–Trinajstić information content (AvgIpc) is 1.66. The zero-order chi connectivity index (χ0) is 6.41. The largest absolute Gasteiger partial charge is 0.191 e. The number of azo groups is 1. The average molecular weight is 112 g/mol. The van der Waals surface area contributed by atoms with E-state index in [4.69, 9.17) is 0 Å². The van der Waals surface area contributed by atoms with Crippen molar-refractivity contribution in [3.05, 3.63) is 12.7 Å². The van der Waals surface area contributed by atoms with Crippen LogP contribution in [0.1, 0.15) is 13.8 Å². The molecule has 0 rings (SSSR count). The van der Waals surface area contributed by atoms with Gasteiger partial charge in [-0.25, -0.2) is 0 Å². The predicted octanol–water partition coefficient (Wildman–Crippen LogP) is 2.03. The van der Waals surface area contributed by atoms with Crippen LogP contribution in [0.2, 0.25) is 0 Å². The fourth-order valence-corrected chi connectivity index (χ4v) is 0.268. The summed E-state index contributed by atoms with van der Waals surface area (Å²) >= 11 is 0. The van der Waals surface area contributed by atoms with Crippen LogP contribution < -0.4 is 0 Å². The molecule has 46 valence electrons. The summed E-state index contributed by atoms with van der Waals surface area (Å²) < 4.78 is 0. The van der Waals surface area contributed by atoms with Crippen molar-refractivity contribution in [1.29, 1.82) is 0 Å². The first kappa shape index (κ1) is 7.34. The summed E-state index contributed by atoms with van der Waals surface area (Å²) in [7, 11) is 0.